The maximum absolute atomic E-state index is 3.61. The van der Waals surface area contributed by atoms with Gasteiger partial charge in [-0.3, -0.25) is 0 Å². The third kappa shape index (κ3) is 2.09. The number of hydrogen-bond acceptors (Lipinski definition) is 1. The van der Waals surface area contributed by atoms with Gasteiger partial charge < -0.3 is 10.3 Å². The summed E-state index contributed by atoms with van der Waals surface area (Å²) in [7, 11) is 0. The van der Waals surface area contributed by atoms with Gasteiger partial charge in [0.25, 0.3) is 0 Å². The predicted octanol–water partition coefficient (Wildman–Crippen LogP) is 3.45. The van der Waals surface area contributed by atoms with Gasteiger partial charge in [0.1, 0.15) is 0 Å². The lowest BCUT2D eigenvalue weighted by Gasteiger charge is -2.12. The number of aromatic amines is 1. The van der Waals surface area contributed by atoms with Gasteiger partial charge in [-0.05, 0) is 36.3 Å². The molecule has 1 aromatic carbocycles. The molecule has 1 saturated carbocycles. The van der Waals surface area contributed by atoms with E-state index in [-0.39, 0.29) is 0 Å². The van der Waals surface area contributed by atoms with Crippen LogP contribution in [0.4, 0.5) is 0 Å². The van der Waals surface area contributed by atoms with Gasteiger partial charge in [-0.25, -0.2) is 0 Å². The van der Waals surface area contributed by atoms with E-state index in [4.69, 9.17) is 0 Å². The number of rotatable bonds is 5. The Balaban J connectivity index is 1.65. The molecule has 0 bridgehead atoms. The lowest BCUT2D eigenvalue weighted by molar-refractivity contribution is 0.444. The second-order valence-electron chi connectivity index (χ2n) is 5.32. The topological polar surface area (TPSA) is 27.8 Å². The molecule has 1 aliphatic carbocycles. The summed E-state index contributed by atoms with van der Waals surface area (Å²) >= 11 is 0. The van der Waals surface area contributed by atoms with Crippen molar-refractivity contribution >= 4 is 10.9 Å². The summed E-state index contributed by atoms with van der Waals surface area (Å²) in [6, 6.07) is 8.50. The minimum atomic E-state index is 0.631. The third-order valence-electron chi connectivity index (χ3n) is 4.20. The van der Waals surface area contributed by atoms with E-state index < -0.39 is 0 Å². The Morgan fingerprint density at radius 1 is 1.29 bits per heavy atom. The number of aromatic nitrogens is 1. The molecule has 1 heterocycles. The van der Waals surface area contributed by atoms with Crippen molar-refractivity contribution in [2.45, 2.75) is 32.7 Å². The van der Waals surface area contributed by atoms with E-state index in [1.807, 2.05) is 0 Å². The van der Waals surface area contributed by atoms with Gasteiger partial charge in [0.05, 0.1) is 0 Å². The van der Waals surface area contributed by atoms with Crippen LogP contribution in [-0.2, 0) is 6.54 Å². The predicted molar refractivity (Wildman–Crippen MR) is 72.0 cm³/mol. The van der Waals surface area contributed by atoms with Gasteiger partial charge in [0, 0.05) is 30.2 Å². The highest BCUT2D eigenvalue weighted by molar-refractivity contribution is 5.82. The molecule has 2 N–H and O–H groups in total. The van der Waals surface area contributed by atoms with Gasteiger partial charge in [-0.2, -0.15) is 0 Å². The molecule has 1 fully saturated rings. The fraction of sp³-hybridized carbons (Fsp3) is 0.467. The Labute approximate surface area is 102 Å². The SMILES string of the molecule is CCC1(CNCc2c[nH]c3ccccc23)CC1. The van der Waals surface area contributed by atoms with Crippen LogP contribution in [-0.4, -0.2) is 11.5 Å². The molecular weight excluding hydrogens is 208 g/mol. The van der Waals surface area contributed by atoms with Gasteiger partial charge >= 0.3 is 0 Å². The fourth-order valence-electron chi connectivity index (χ4n) is 2.57. The fourth-order valence-corrected chi connectivity index (χ4v) is 2.57. The zero-order valence-electron chi connectivity index (χ0n) is 10.4. The smallest absolute Gasteiger partial charge is 0.0457 e. The third-order valence-corrected chi connectivity index (χ3v) is 4.20. The van der Waals surface area contributed by atoms with Gasteiger partial charge in [-0.1, -0.05) is 25.1 Å². The van der Waals surface area contributed by atoms with Crippen LogP contribution in [0.5, 0.6) is 0 Å². The normalized spacial score (nSPS) is 17.5. The second-order valence-corrected chi connectivity index (χ2v) is 5.32. The quantitative estimate of drug-likeness (QED) is 0.806. The summed E-state index contributed by atoms with van der Waals surface area (Å²) in [5.41, 5.74) is 3.25. The zero-order valence-corrected chi connectivity index (χ0v) is 10.4. The van der Waals surface area contributed by atoms with Crippen molar-refractivity contribution in [2.75, 3.05) is 6.54 Å². The van der Waals surface area contributed by atoms with Crippen LogP contribution in [0.3, 0.4) is 0 Å². The molecule has 0 unspecified atom stereocenters. The first-order valence-corrected chi connectivity index (χ1v) is 6.59. The first-order valence-electron chi connectivity index (χ1n) is 6.59. The number of para-hydroxylation sites is 1. The van der Waals surface area contributed by atoms with Crippen molar-refractivity contribution in [3.05, 3.63) is 36.0 Å². The van der Waals surface area contributed by atoms with E-state index in [1.165, 1.54) is 42.3 Å². The van der Waals surface area contributed by atoms with Crippen LogP contribution in [0.15, 0.2) is 30.5 Å². The standard InChI is InChI=1S/C15H20N2/c1-2-15(7-8-15)11-16-9-12-10-17-14-6-4-3-5-13(12)14/h3-6,10,16-17H,2,7-9,11H2,1H3. The summed E-state index contributed by atoms with van der Waals surface area (Å²) in [4.78, 5) is 3.33. The molecule has 0 spiro atoms. The first kappa shape index (κ1) is 10.8. The zero-order chi connectivity index (χ0) is 11.7. The van der Waals surface area contributed by atoms with Crippen LogP contribution in [0.1, 0.15) is 31.7 Å². The summed E-state index contributed by atoms with van der Waals surface area (Å²) in [5, 5.41) is 4.96. The molecule has 0 aliphatic heterocycles. The van der Waals surface area contributed by atoms with Crippen molar-refractivity contribution < 1.29 is 0 Å². The molecule has 17 heavy (non-hydrogen) atoms. The van der Waals surface area contributed by atoms with E-state index in [9.17, 15) is 0 Å². The van der Waals surface area contributed by atoms with Crippen LogP contribution in [0.2, 0.25) is 0 Å². The maximum atomic E-state index is 3.61. The Morgan fingerprint density at radius 3 is 2.88 bits per heavy atom. The van der Waals surface area contributed by atoms with Crippen LogP contribution < -0.4 is 5.32 Å². The van der Waals surface area contributed by atoms with E-state index in [2.05, 4.69) is 47.7 Å². The monoisotopic (exact) mass is 228 g/mol. The summed E-state index contributed by atoms with van der Waals surface area (Å²) in [5.74, 6) is 0. The van der Waals surface area contributed by atoms with E-state index in [0.717, 1.165) is 6.54 Å². The molecule has 3 rings (SSSR count). The van der Waals surface area contributed by atoms with Crippen molar-refractivity contribution in [3.63, 3.8) is 0 Å². The average Bonchev–Trinajstić information content (AvgIpc) is 3.04. The molecular formula is C15H20N2. The highest BCUT2D eigenvalue weighted by Crippen LogP contribution is 2.47. The number of hydrogen-bond donors (Lipinski definition) is 2. The molecule has 2 aromatic rings. The Kier molecular flexibility index (Phi) is 2.67. The molecule has 2 nitrogen and oxygen atoms in total. The first-order chi connectivity index (χ1) is 8.33. The molecule has 0 amide bonds. The molecule has 0 saturated heterocycles. The second kappa shape index (κ2) is 4.19. The highest BCUT2D eigenvalue weighted by atomic mass is 14.9. The van der Waals surface area contributed by atoms with Gasteiger partial charge in [0.2, 0.25) is 0 Å². The van der Waals surface area contributed by atoms with Gasteiger partial charge in [0.15, 0.2) is 0 Å². The lowest BCUT2D eigenvalue weighted by atomic mass is 10.0. The molecule has 1 aliphatic rings. The number of benzene rings is 1. The summed E-state index contributed by atoms with van der Waals surface area (Å²) < 4.78 is 0. The van der Waals surface area contributed by atoms with Crippen LogP contribution in [0, 0.1) is 5.41 Å². The lowest BCUT2D eigenvalue weighted by Crippen LogP contribution is -2.22. The number of H-pyrrole nitrogens is 1. The Morgan fingerprint density at radius 2 is 2.12 bits per heavy atom. The Hall–Kier alpha value is -1.28. The van der Waals surface area contributed by atoms with Crippen LogP contribution in [0.25, 0.3) is 10.9 Å². The van der Waals surface area contributed by atoms with Crippen molar-refractivity contribution in [1.29, 1.82) is 0 Å². The minimum absolute atomic E-state index is 0.631. The molecule has 90 valence electrons. The number of fused-ring (bicyclic) bond motifs is 1. The molecule has 1 aromatic heterocycles. The summed E-state index contributed by atoms with van der Waals surface area (Å²) in [6.45, 7) is 4.45. The van der Waals surface area contributed by atoms with Crippen molar-refractivity contribution in [3.8, 4) is 0 Å². The molecule has 2 heteroatoms. The highest BCUT2D eigenvalue weighted by Gasteiger charge is 2.39. The van der Waals surface area contributed by atoms with Crippen LogP contribution >= 0.6 is 0 Å². The summed E-state index contributed by atoms with van der Waals surface area (Å²) in [6.07, 6.45) is 6.26. The Bertz CT molecular complexity index is 508. The van der Waals surface area contributed by atoms with Crippen molar-refractivity contribution in [2.24, 2.45) is 5.41 Å². The van der Waals surface area contributed by atoms with E-state index in [0.29, 0.717) is 5.41 Å². The van der Waals surface area contributed by atoms with Crippen molar-refractivity contribution in [1.82, 2.24) is 10.3 Å². The van der Waals surface area contributed by atoms with E-state index >= 15 is 0 Å². The van der Waals surface area contributed by atoms with Gasteiger partial charge in [-0.15, -0.1) is 0 Å². The minimum Gasteiger partial charge on any atom is -0.361 e. The number of nitrogens with one attached hydrogen (secondary N) is 2. The maximum Gasteiger partial charge on any atom is 0.0457 e. The average molecular weight is 228 g/mol. The van der Waals surface area contributed by atoms with E-state index in [1.54, 1.807) is 0 Å². The largest absolute Gasteiger partial charge is 0.361 e. The molecule has 0 atom stereocenters. The molecule has 0 radical (unpaired) electrons.